The summed E-state index contributed by atoms with van der Waals surface area (Å²) in [6.45, 7) is 10.6. The number of rotatable bonds is 10. The van der Waals surface area contributed by atoms with Gasteiger partial charge in [-0.2, -0.15) is 0 Å². The molecule has 200 valence electrons. The maximum absolute atomic E-state index is 12.5. The zero-order chi connectivity index (χ0) is 25.3. The van der Waals surface area contributed by atoms with Crippen LogP contribution in [0.3, 0.4) is 0 Å². The molecule has 1 unspecified atom stereocenters. The number of nitrogens with one attached hydrogen (secondary N) is 1. The van der Waals surface area contributed by atoms with E-state index >= 15 is 0 Å². The summed E-state index contributed by atoms with van der Waals surface area (Å²) in [4.78, 5) is 0. The summed E-state index contributed by atoms with van der Waals surface area (Å²) in [6.07, 6.45) is 3.97. The van der Waals surface area contributed by atoms with Gasteiger partial charge >= 0.3 is 0 Å². The van der Waals surface area contributed by atoms with Crippen molar-refractivity contribution >= 4 is 34.0 Å². The van der Waals surface area contributed by atoms with Crippen molar-refractivity contribution < 1.29 is 13.2 Å². The fourth-order valence-corrected chi connectivity index (χ4v) is 7.46. The van der Waals surface area contributed by atoms with Gasteiger partial charge in [0.05, 0.1) is 12.4 Å². The molecule has 1 aliphatic carbocycles. The molecule has 1 atom stereocenters. The van der Waals surface area contributed by atoms with Crippen LogP contribution in [0.5, 0.6) is 5.75 Å². The van der Waals surface area contributed by atoms with Crippen LogP contribution in [0.2, 0.25) is 5.02 Å². The lowest BCUT2D eigenvalue weighted by Crippen LogP contribution is -2.53. The van der Waals surface area contributed by atoms with Gasteiger partial charge in [-0.25, -0.2) is 12.7 Å². The molecule has 0 amide bonds. The van der Waals surface area contributed by atoms with Gasteiger partial charge in [0.1, 0.15) is 5.75 Å². The lowest BCUT2D eigenvalue weighted by atomic mass is 9.56. The van der Waals surface area contributed by atoms with Crippen molar-refractivity contribution in [2.24, 2.45) is 0 Å². The van der Waals surface area contributed by atoms with E-state index < -0.39 is 10.0 Å². The summed E-state index contributed by atoms with van der Waals surface area (Å²) >= 11 is 6.20. The molecule has 2 aliphatic rings. The molecule has 1 fully saturated rings. The SMILES string of the molecule is CCN(CC)S(=O)(=O)CCCOc1ccc2c(c1)C(C1(c3ccc(Cl)cc3)CCC1)NCC2(C)C.Cl. The van der Waals surface area contributed by atoms with Crippen molar-refractivity contribution in [3.8, 4) is 5.75 Å². The van der Waals surface area contributed by atoms with Crippen LogP contribution in [0.25, 0.3) is 0 Å². The normalized spacial score (nSPS) is 20.2. The second-order valence-electron chi connectivity index (χ2n) is 10.6. The predicted molar refractivity (Wildman–Crippen MR) is 151 cm³/mol. The fraction of sp³-hybridized carbons (Fsp3) is 0.571. The molecule has 36 heavy (non-hydrogen) atoms. The summed E-state index contributed by atoms with van der Waals surface area (Å²) in [5.41, 5.74) is 4.06. The molecule has 1 heterocycles. The summed E-state index contributed by atoms with van der Waals surface area (Å²) in [7, 11) is -3.23. The molecule has 8 heteroatoms. The number of hydrogen-bond donors (Lipinski definition) is 1. The third-order valence-corrected chi connectivity index (χ3v) is 10.3. The Balaban J connectivity index is 0.00000361. The van der Waals surface area contributed by atoms with E-state index in [4.69, 9.17) is 16.3 Å². The molecular weight excluding hydrogens is 515 g/mol. The van der Waals surface area contributed by atoms with Gasteiger partial charge < -0.3 is 10.1 Å². The molecular formula is C28H40Cl2N2O3S. The summed E-state index contributed by atoms with van der Waals surface area (Å²) in [5, 5.41) is 4.65. The topological polar surface area (TPSA) is 58.6 Å². The van der Waals surface area contributed by atoms with E-state index in [1.807, 2.05) is 32.0 Å². The first kappa shape index (κ1) is 29.2. The molecule has 1 saturated carbocycles. The van der Waals surface area contributed by atoms with Crippen LogP contribution in [0.1, 0.15) is 76.1 Å². The highest BCUT2D eigenvalue weighted by atomic mass is 35.5. The number of sulfonamides is 1. The van der Waals surface area contributed by atoms with Gasteiger partial charge in [-0.1, -0.05) is 63.9 Å². The maximum atomic E-state index is 12.5. The second kappa shape index (κ2) is 11.6. The number of fused-ring (bicyclic) bond motifs is 1. The van der Waals surface area contributed by atoms with Crippen molar-refractivity contribution in [1.82, 2.24) is 9.62 Å². The van der Waals surface area contributed by atoms with Crippen LogP contribution in [0, 0.1) is 0 Å². The minimum atomic E-state index is -3.23. The van der Waals surface area contributed by atoms with Crippen LogP contribution in [-0.4, -0.2) is 44.7 Å². The number of nitrogens with zero attached hydrogens (tertiary/aromatic N) is 1. The first-order chi connectivity index (χ1) is 16.6. The Bertz CT molecular complexity index is 1130. The van der Waals surface area contributed by atoms with E-state index in [0.29, 0.717) is 26.1 Å². The van der Waals surface area contributed by atoms with E-state index in [1.165, 1.54) is 27.4 Å². The number of hydrogen-bond acceptors (Lipinski definition) is 4. The molecule has 2 aromatic carbocycles. The highest BCUT2D eigenvalue weighted by molar-refractivity contribution is 7.89. The van der Waals surface area contributed by atoms with Crippen molar-refractivity contribution in [2.45, 2.75) is 70.3 Å². The lowest BCUT2D eigenvalue weighted by molar-refractivity contribution is 0.153. The summed E-state index contributed by atoms with van der Waals surface area (Å²) < 4.78 is 32.5. The third kappa shape index (κ3) is 5.73. The molecule has 0 aromatic heterocycles. The largest absolute Gasteiger partial charge is 0.494 e. The van der Waals surface area contributed by atoms with Gasteiger partial charge in [-0.15, -0.1) is 12.4 Å². The second-order valence-corrected chi connectivity index (χ2v) is 13.1. The number of halogens is 2. The molecule has 4 rings (SSSR count). The van der Waals surface area contributed by atoms with E-state index in [-0.39, 0.29) is 35.0 Å². The average Bonchev–Trinajstić information content (AvgIpc) is 2.79. The quantitative estimate of drug-likeness (QED) is 0.353. The number of benzene rings is 2. The minimum Gasteiger partial charge on any atom is -0.494 e. The van der Waals surface area contributed by atoms with Gasteiger partial charge in [0.15, 0.2) is 0 Å². The smallest absolute Gasteiger partial charge is 0.214 e. The molecule has 1 N–H and O–H groups in total. The molecule has 5 nitrogen and oxygen atoms in total. The monoisotopic (exact) mass is 554 g/mol. The maximum Gasteiger partial charge on any atom is 0.214 e. The molecule has 1 aliphatic heterocycles. The Morgan fingerprint density at radius 3 is 2.33 bits per heavy atom. The molecule has 0 radical (unpaired) electrons. The van der Waals surface area contributed by atoms with Crippen LogP contribution in [-0.2, 0) is 20.9 Å². The van der Waals surface area contributed by atoms with Crippen LogP contribution >= 0.6 is 24.0 Å². The minimum absolute atomic E-state index is 0. The average molecular weight is 556 g/mol. The van der Waals surface area contributed by atoms with Crippen LogP contribution in [0.15, 0.2) is 42.5 Å². The van der Waals surface area contributed by atoms with Crippen molar-refractivity contribution in [3.05, 3.63) is 64.2 Å². The first-order valence-electron chi connectivity index (χ1n) is 12.9. The molecule has 0 spiro atoms. The zero-order valence-electron chi connectivity index (χ0n) is 21.8. The number of ether oxygens (including phenoxy) is 1. The first-order valence-corrected chi connectivity index (χ1v) is 14.9. The Hall–Kier alpha value is -1.31. The van der Waals surface area contributed by atoms with Gasteiger partial charge in [-0.05, 0) is 60.2 Å². The van der Waals surface area contributed by atoms with Crippen molar-refractivity contribution in [2.75, 3.05) is 32.0 Å². The van der Waals surface area contributed by atoms with E-state index in [2.05, 4.69) is 43.4 Å². The Morgan fingerprint density at radius 2 is 1.75 bits per heavy atom. The Labute approximate surface area is 228 Å². The summed E-state index contributed by atoms with van der Waals surface area (Å²) in [6, 6.07) is 15.0. The zero-order valence-corrected chi connectivity index (χ0v) is 24.2. The lowest BCUT2D eigenvalue weighted by Gasteiger charge is -2.53. The highest BCUT2D eigenvalue weighted by Crippen LogP contribution is 2.55. The molecule has 2 aromatic rings. The highest BCUT2D eigenvalue weighted by Gasteiger charge is 2.49. The van der Waals surface area contributed by atoms with E-state index in [9.17, 15) is 8.42 Å². The van der Waals surface area contributed by atoms with Crippen molar-refractivity contribution in [3.63, 3.8) is 0 Å². The Morgan fingerprint density at radius 1 is 1.08 bits per heavy atom. The summed E-state index contributed by atoms with van der Waals surface area (Å²) in [5.74, 6) is 0.912. The van der Waals surface area contributed by atoms with Gasteiger partial charge in [0.2, 0.25) is 10.0 Å². The molecule has 0 saturated heterocycles. The molecule has 0 bridgehead atoms. The van der Waals surface area contributed by atoms with Gasteiger partial charge in [0.25, 0.3) is 0 Å². The van der Waals surface area contributed by atoms with E-state index in [1.54, 1.807) is 0 Å². The predicted octanol–water partition coefficient (Wildman–Crippen LogP) is 6.25. The standard InChI is InChI=1S/C28H39ClN2O3S.ClH/c1-5-31(6-2)35(32,33)18-8-17-34-23-13-14-25-24(19-23)26(30-20-27(25,3)4)28(15-7-16-28)21-9-11-22(29)12-10-21;/h9-14,19,26,30H,5-8,15-18,20H2,1-4H3;1H. The third-order valence-electron chi connectivity index (χ3n) is 7.94. The van der Waals surface area contributed by atoms with Crippen LogP contribution in [0.4, 0.5) is 0 Å². The van der Waals surface area contributed by atoms with Crippen molar-refractivity contribution in [1.29, 1.82) is 0 Å². The van der Waals surface area contributed by atoms with Gasteiger partial charge in [-0.3, -0.25) is 0 Å². The Kier molecular flexibility index (Phi) is 9.43. The van der Waals surface area contributed by atoms with E-state index in [0.717, 1.165) is 30.2 Å². The van der Waals surface area contributed by atoms with Gasteiger partial charge in [0, 0.05) is 41.5 Å². The van der Waals surface area contributed by atoms with Crippen LogP contribution < -0.4 is 10.1 Å². The fourth-order valence-electron chi connectivity index (χ4n) is 5.80.